The summed E-state index contributed by atoms with van der Waals surface area (Å²) in [5.41, 5.74) is 1.17. The zero-order chi connectivity index (χ0) is 24.4. The van der Waals surface area contributed by atoms with Crippen molar-refractivity contribution < 1.29 is 8.78 Å². The Labute approximate surface area is 205 Å². The van der Waals surface area contributed by atoms with Crippen molar-refractivity contribution in [1.82, 2.24) is 15.2 Å². The molecule has 4 rings (SSSR count). The first kappa shape index (κ1) is 24.7. The van der Waals surface area contributed by atoms with Crippen LogP contribution in [0.5, 0.6) is 0 Å². The van der Waals surface area contributed by atoms with Crippen molar-refractivity contribution in [3.05, 3.63) is 66.0 Å². The van der Waals surface area contributed by atoms with Crippen molar-refractivity contribution in [3.63, 3.8) is 0 Å². The van der Waals surface area contributed by atoms with Crippen LogP contribution in [0.2, 0.25) is 0 Å². The molecule has 2 aromatic rings. The fraction of sp³-hybridized carbons (Fsp3) is 0.444. The second kappa shape index (κ2) is 10.5. The first-order valence-corrected chi connectivity index (χ1v) is 12.7. The van der Waals surface area contributed by atoms with Crippen LogP contribution in [-0.4, -0.2) is 41.0 Å². The molecule has 0 spiro atoms. The van der Waals surface area contributed by atoms with Crippen LogP contribution in [0.4, 0.5) is 14.6 Å². The second-order valence-electron chi connectivity index (χ2n) is 9.70. The highest BCUT2D eigenvalue weighted by Crippen LogP contribution is 2.41. The highest BCUT2D eigenvalue weighted by Gasteiger charge is 2.45. The molecule has 1 aromatic heterocycles. The molecule has 0 amide bonds. The summed E-state index contributed by atoms with van der Waals surface area (Å²) in [4.78, 5) is 9.15. The third-order valence-corrected chi connectivity index (χ3v) is 7.30. The van der Waals surface area contributed by atoms with E-state index < -0.39 is 6.43 Å². The molecule has 2 saturated heterocycles. The van der Waals surface area contributed by atoms with Gasteiger partial charge in [-0.1, -0.05) is 57.0 Å². The van der Waals surface area contributed by atoms with Gasteiger partial charge in [0.05, 0.1) is 12.4 Å². The van der Waals surface area contributed by atoms with Gasteiger partial charge in [-0.3, -0.25) is 0 Å². The smallest absolute Gasteiger partial charge is 0.250 e. The molecule has 7 heteroatoms. The van der Waals surface area contributed by atoms with E-state index in [1.54, 1.807) is 11.8 Å². The average molecular weight is 485 g/mol. The summed E-state index contributed by atoms with van der Waals surface area (Å²) < 4.78 is 25.0. The predicted molar refractivity (Wildman–Crippen MR) is 141 cm³/mol. The van der Waals surface area contributed by atoms with Gasteiger partial charge in [0.15, 0.2) is 0 Å². The number of halogens is 2. The van der Waals surface area contributed by atoms with Crippen molar-refractivity contribution >= 4 is 33.3 Å². The topological polar surface area (TPSA) is 40.2 Å². The molecule has 3 heterocycles. The molecular formula is C27H34F2N4S. The first-order chi connectivity index (χ1) is 16.2. The Bertz CT molecular complexity index is 1090. The molecule has 2 bridgehead atoms. The summed E-state index contributed by atoms with van der Waals surface area (Å²) >= 11 is 1.70. The summed E-state index contributed by atoms with van der Waals surface area (Å²) in [6, 6.07) is 9.34. The van der Waals surface area contributed by atoms with E-state index in [-0.39, 0.29) is 12.6 Å². The Morgan fingerprint density at radius 2 is 1.91 bits per heavy atom. The summed E-state index contributed by atoms with van der Waals surface area (Å²) in [6.45, 7) is 14.5. The van der Waals surface area contributed by atoms with Gasteiger partial charge in [-0.2, -0.15) is 0 Å². The average Bonchev–Trinajstić information content (AvgIpc) is 2.76. The molecular weight excluding hydrogens is 450 g/mol. The highest BCUT2D eigenvalue weighted by atomic mass is 32.2. The molecule has 2 aliphatic heterocycles. The number of piperidine rings is 1. The molecule has 4 nitrogen and oxygen atoms in total. The van der Waals surface area contributed by atoms with Gasteiger partial charge in [-0.05, 0) is 60.1 Å². The van der Waals surface area contributed by atoms with Gasteiger partial charge in [0, 0.05) is 34.6 Å². The van der Waals surface area contributed by atoms with E-state index in [2.05, 4.69) is 77.9 Å². The van der Waals surface area contributed by atoms with Gasteiger partial charge in [-0.15, -0.1) is 0 Å². The molecule has 0 radical (unpaired) electrons. The lowest BCUT2D eigenvalue weighted by Crippen LogP contribution is -2.64. The van der Waals surface area contributed by atoms with Gasteiger partial charge in [0.1, 0.15) is 5.82 Å². The largest absolute Gasteiger partial charge is 0.352 e. The Morgan fingerprint density at radius 3 is 2.56 bits per heavy atom. The number of allylic oxidation sites excluding steroid dienone is 2. The molecule has 2 fully saturated rings. The van der Waals surface area contributed by atoms with Crippen LogP contribution < -0.4 is 10.6 Å². The molecule has 0 saturated carbocycles. The number of anilines is 1. The standard InChI is InChI=1S/C27H34F2N4S/c1-16(2)8-25(34-17(3)4)19-6-7-20-14-31-27(10-21(20)9-19)32-18(5)33-23-11-22(12-24(33)13-23)30-15-26(28)29/h6-10,14,16,22-24,26,30H,3,5,11-13,15H2,1-2,4H3,(H,31,32)/b25-8-. The summed E-state index contributed by atoms with van der Waals surface area (Å²) in [5.74, 6) is 2.03. The fourth-order valence-corrected chi connectivity index (χ4v) is 5.95. The number of hydrogen-bond donors (Lipinski definition) is 2. The van der Waals surface area contributed by atoms with Crippen LogP contribution in [-0.2, 0) is 0 Å². The number of nitrogens with one attached hydrogen (secondary N) is 2. The predicted octanol–water partition coefficient (Wildman–Crippen LogP) is 6.84. The van der Waals surface area contributed by atoms with Crippen molar-refractivity contribution in [1.29, 1.82) is 0 Å². The molecule has 2 N–H and O–H groups in total. The van der Waals surface area contributed by atoms with Gasteiger partial charge in [0.2, 0.25) is 0 Å². The van der Waals surface area contributed by atoms with Gasteiger partial charge >= 0.3 is 0 Å². The minimum atomic E-state index is -2.30. The Kier molecular flexibility index (Phi) is 7.63. The normalized spacial score (nSPS) is 22.3. The lowest BCUT2D eigenvalue weighted by Gasteiger charge is -2.57. The van der Waals surface area contributed by atoms with E-state index in [4.69, 9.17) is 0 Å². The SMILES string of the molecule is C=C(C)S/C(=C\C(C)C)c1ccc2cnc(NC(=C)N3C4CC(NCC(F)F)CC3C4)cc2c1. The molecule has 2 aliphatic rings. The fourth-order valence-electron chi connectivity index (χ4n) is 4.99. The minimum Gasteiger partial charge on any atom is -0.352 e. The van der Waals surface area contributed by atoms with Gasteiger partial charge < -0.3 is 15.5 Å². The van der Waals surface area contributed by atoms with E-state index in [9.17, 15) is 8.78 Å². The Morgan fingerprint density at radius 1 is 1.18 bits per heavy atom. The number of nitrogens with zero attached hydrogens (tertiary/aromatic N) is 2. The number of fused-ring (bicyclic) bond motifs is 3. The number of aromatic nitrogens is 1. The molecule has 0 aliphatic carbocycles. The number of benzene rings is 1. The third-order valence-electron chi connectivity index (χ3n) is 6.36. The van der Waals surface area contributed by atoms with E-state index in [1.807, 2.05) is 13.1 Å². The lowest BCUT2D eigenvalue weighted by atomic mass is 9.77. The van der Waals surface area contributed by atoms with Crippen molar-refractivity contribution in [2.24, 2.45) is 5.92 Å². The Balaban J connectivity index is 1.46. The summed E-state index contributed by atoms with van der Waals surface area (Å²) in [7, 11) is 0. The number of alkyl halides is 2. The van der Waals surface area contributed by atoms with Crippen LogP contribution in [0.3, 0.4) is 0 Å². The maximum Gasteiger partial charge on any atom is 0.250 e. The van der Waals surface area contributed by atoms with Crippen LogP contribution in [0.1, 0.15) is 45.6 Å². The molecule has 182 valence electrons. The van der Waals surface area contributed by atoms with Crippen molar-refractivity contribution in [3.8, 4) is 0 Å². The maximum atomic E-state index is 12.5. The van der Waals surface area contributed by atoms with Crippen LogP contribution in [0, 0.1) is 5.92 Å². The van der Waals surface area contributed by atoms with E-state index in [0.717, 1.165) is 46.6 Å². The number of thioether (sulfide) groups is 1. The van der Waals surface area contributed by atoms with Crippen molar-refractivity contribution in [2.75, 3.05) is 11.9 Å². The number of pyridine rings is 1. The monoisotopic (exact) mass is 484 g/mol. The van der Waals surface area contributed by atoms with E-state index in [0.29, 0.717) is 18.0 Å². The molecule has 2 atom stereocenters. The van der Waals surface area contributed by atoms with Crippen molar-refractivity contribution in [2.45, 2.75) is 64.6 Å². The quantitative estimate of drug-likeness (QED) is 0.386. The van der Waals surface area contributed by atoms with E-state index >= 15 is 0 Å². The van der Waals surface area contributed by atoms with Crippen LogP contribution >= 0.6 is 11.8 Å². The molecule has 1 aromatic carbocycles. The first-order valence-electron chi connectivity index (χ1n) is 11.9. The van der Waals surface area contributed by atoms with Crippen LogP contribution in [0.25, 0.3) is 15.7 Å². The van der Waals surface area contributed by atoms with E-state index in [1.165, 1.54) is 10.5 Å². The zero-order valence-corrected chi connectivity index (χ0v) is 21.0. The van der Waals surface area contributed by atoms with Gasteiger partial charge in [0.25, 0.3) is 6.43 Å². The molecule has 2 unspecified atom stereocenters. The summed E-state index contributed by atoms with van der Waals surface area (Å²) in [6.07, 6.45) is 4.67. The van der Waals surface area contributed by atoms with Crippen LogP contribution in [0.15, 0.2) is 60.4 Å². The zero-order valence-electron chi connectivity index (χ0n) is 20.2. The summed E-state index contributed by atoms with van der Waals surface area (Å²) in [5, 5.41) is 8.58. The lowest BCUT2D eigenvalue weighted by molar-refractivity contribution is -0.0121. The Hall–Kier alpha value is -2.38. The highest BCUT2D eigenvalue weighted by molar-refractivity contribution is 8.11. The second-order valence-corrected chi connectivity index (χ2v) is 11.0. The third kappa shape index (κ3) is 5.81. The number of rotatable bonds is 10. The maximum absolute atomic E-state index is 12.5. The number of hydrogen-bond acceptors (Lipinski definition) is 5. The molecule has 34 heavy (non-hydrogen) atoms. The van der Waals surface area contributed by atoms with Gasteiger partial charge in [-0.25, -0.2) is 13.8 Å². The minimum absolute atomic E-state index is 0.157.